The molecule has 26 heavy (non-hydrogen) atoms. The van der Waals surface area contributed by atoms with Crippen molar-refractivity contribution in [1.29, 1.82) is 0 Å². The molecule has 0 fully saturated rings. The number of rotatable bonds is 5. The van der Waals surface area contributed by atoms with E-state index in [2.05, 4.69) is 10.3 Å². The van der Waals surface area contributed by atoms with Crippen LogP contribution in [0.4, 0.5) is 0 Å². The van der Waals surface area contributed by atoms with Crippen LogP contribution in [-0.2, 0) is 6.54 Å². The largest absolute Gasteiger partial charge is 0.347 e. The van der Waals surface area contributed by atoms with E-state index in [0.29, 0.717) is 17.0 Å². The minimum Gasteiger partial charge on any atom is -0.347 e. The van der Waals surface area contributed by atoms with Crippen LogP contribution < -0.4 is 5.32 Å². The number of benzene rings is 2. The number of hydrogen-bond acceptors (Lipinski definition) is 4. The van der Waals surface area contributed by atoms with E-state index in [9.17, 15) is 9.59 Å². The SMILES string of the molecule is CN(C)C(=O)c1ccc(CNC(=O)c2cnc(-c3ccccc3)s2)cc1. The van der Waals surface area contributed by atoms with Gasteiger partial charge in [-0.3, -0.25) is 9.59 Å². The molecule has 1 aromatic heterocycles. The molecule has 0 aliphatic heterocycles. The highest BCUT2D eigenvalue weighted by Gasteiger charge is 2.12. The fourth-order valence-electron chi connectivity index (χ4n) is 2.39. The molecule has 3 rings (SSSR count). The molecule has 0 aliphatic carbocycles. The Morgan fingerprint density at radius 1 is 1.04 bits per heavy atom. The third kappa shape index (κ3) is 4.15. The smallest absolute Gasteiger partial charge is 0.263 e. The van der Waals surface area contributed by atoms with Gasteiger partial charge < -0.3 is 10.2 Å². The van der Waals surface area contributed by atoms with E-state index in [1.165, 1.54) is 16.2 Å². The summed E-state index contributed by atoms with van der Waals surface area (Å²) in [5.41, 5.74) is 2.55. The molecule has 3 aromatic rings. The van der Waals surface area contributed by atoms with Crippen LogP contribution in [0.25, 0.3) is 10.6 Å². The number of thiazole rings is 1. The zero-order valence-corrected chi connectivity index (χ0v) is 15.4. The van der Waals surface area contributed by atoms with Crippen molar-refractivity contribution >= 4 is 23.2 Å². The summed E-state index contributed by atoms with van der Waals surface area (Å²) in [4.78, 5) is 30.6. The Morgan fingerprint density at radius 3 is 2.38 bits per heavy atom. The van der Waals surface area contributed by atoms with Crippen LogP contribution in [0.3, 0.4) is 0 Å². The lowest BCUT2D eigenvalue weighted by molar-refractivity contribution is 0.0827. The average molecular weight is 365 g/mol. The maximum absolute atomic E-state index is 12.3. The van der Waals surface area contributed by atoms with Crippen LogP contribution in [0.1, 0.15) is 25.6 Å². The van der Waals surface area contributed by atoms with Gasteiger partial charge in [0, 0.05) is 31.8 Å². The molecule has 2 amide bonds. The molecule has 0 radical (unpaired) electrons. The van der Waals surface area contributed by atoms with E-state index in [1.54, 1.807) is 32.4 Å². The van der Waals surface area contributed by atoms with Gasteiger partial charge >= 0.3 is 0 Å². The van der Waals surface area contributed by atoms with Gasteiger partial charge in [-0.2, -0.15) is 0 Å². The van der Waals surface area contributed by atoms with Crippen molar-refractivity contribution in [3.8, 4) is 10.6 Å². The third-order valence-corrected chi connectivity index (χ3v) is 4.86. The van der Waals surface area contributed by atoms with Crippen molar-refractivity contribution in [1.82, 2.24) is 15.2 Å². The van der Waals surface area contributed by atoms with E-state index in [0.717, 1.165) is 16.1 Å². The molecular formula is C20H19N3O2S. The number of carbonyl (C=O) groups excluding carboxylic acids is 2. The highest BCUT2D eigenvalue weighted by Crippen LogP contribution is 2.24. The van der Waals surface area contributed by atoms with Crippen LogP contribution >= 0.6 is 11.3 Å². The molecular weight excluding hydrogens is 346 g/mol. The second-order valence-corrected chi connectivity index (χ2v) is 7.01. The zero-order valence-electron chi connectivity index (χ0n) is 14.6. The summed E-state index contributed by atoms with van der Waals surface area (Å²) in [5.74, 6) is -0.197. The van der Waals surface area contributed by atoms with Crippen LogP contribution in [0.5, 0.6) is 0 Å². The van der Waals surface area contributed by atoms with Gasteiger partial charge in [0.2, 0.25) is 0 Å². The first kappa shape index (κ1) is 17.8. The molecule has 0 atom stereocenters. The average Bonchev–Trinajstić information content (AvgIpc) is 3.17. The molecule has 1 heterocycles. The number of aromatic nitrogens is 1. The van der Waals surface area contributed by atoms with Crippen molar-refractivity contribution < 1.29 is 9.59 Å². The Balaban J connectivity index is 1.61. The van der Waals surface area contributed by atoms with Crippen molar-refractivity contribution in [3.63, 3.8) is 0 Å². The minimum atomic E-state index is -0.155. The summed E-state index contributed by atoms with van der Waals surface area (Å²) in [6.45, 7) is 0.397. The molecule has 5 nitrogen and oxygen atoms in total. The normalized spacial score (nSPS) is 10.4. The van der Waals surface area contributed by atoms with Crippen molar-refractivity contribution in [2.75, 3.05) is 14.1 Å². The number of nitrogens with zero attached hydrogens (tertiary/aromatic N) is 2. The fourth-order valence-corrected chi connectivity index (χ4v) is 3.22. The molecule has 0 bridgehead atoms. The summed E-state index contributed by atoms with van der Waals surface area (Å²) in [6.07, 6.45) is 1.60. The van der Waals surface area contributed by atoms with Crippen LogP contribution in [0, 0.1) is 0 Å². The van der Waals surface area contributed by atoms with Gasteiger partial charge in [0.05, 0.1) is 6.20 Å². The third-order valence-electron chi connectivity index (χ3n) is 3.81. The monoisotopic (exact) mass is 365 g/mol. The summed E-state index contributed by atoms with van der Waals surface area (Å²) in [6, 6.07) is 17.0. The zero-order chi connectivity index (χ0) is 18.5. The summed E-state index contributed by atoms with van der Waals surface area (Å²) >= 11 is 1.37. The lowest BCUT2D eigenvalue weighted by atomic mass is 10.1. The number of nitrogens with one attached hydrogen (secondary N) is 1. The number of hydrogen-bond donors (Lipinski definition) is 1. The Kier molecular flexibility index (Phi) is 5.43. The number of carbonyl (C=O) groups is 2. The molecule has 1 N–H and O–H groups in total. The number of amides is 2. The van der Waals surface area contributed by atoms with Crippen LogP contribution in [0.15, 0.2) is 60.8 Å². The van der Waals surface area contributed by atoms with Gasteiger partial charge in [0.1, 0.15) is 9.88 Å². The molecule has 0 unspecified atom stereocenters. The summed E-state index contributed by atoms with van der Waals surface area (Å²) in [5, 5.41) is 3.71. The van der Waals surface area contributed by atoms with Crippen LogP contribution in [-0.4, -0.2) is 35.8 Å². The first-order valence-corrected chi connectivity index (χ1v) is 8.96. The van der Waals surface area contributed by atoms with Gasteiger partial charge in [-0.05, 0) is 17.7 Å². The van der Waals surface area contributed by atoms with Gasteiger partial charge in [-0.15, -0.1) is 11.3 Å². The van der Waals surface area contributed by atoms with E-state index in [1.807, 2.05) is 42.5 Å². The summed E-state index contributed by atoms with van der Waals surface area (Å²) in [7, 11) is 3.43. The maximum Gasteiger partial charge on any atom is 0.263 e. The topological polar surface area (TPSA) is 62.3 Å². The Labute approximate surface area is 156 Å². The summed E-state index contributed by atoms with van der Waals surface area (Å²) < 4.78 is 0. The van der Waals surface area contributed by atoms with E-state index < -0.39 is 0 Å². The molecule has 2 aromatic carbocycles. The van der Waals surface area contributed by atoms with E-state index >= 15 is 0 Å². The molecule has 0 spiro atoms. The highest BCUT2D eigenvalue weighted by atomic mass is 32.1. The lowest BCUT2D eigenvalue weighted by Gasteiger charge is -2.10. The standard InChI is InChI=1S/C20H19N3O2S/c1-23(2)20(25)16-10-8-14(9-11-16)12-21-18(24)17-13-22-19(26-17)15-6-4-3-5-7-15/h3-11,13H,12H2,1-2H3,(H,21,24). The fraction of sp³-hybridized carbons (Fsp3) is 0.150. The van der Waals surface area contributed by atoms with Gasteiger partial charge in [-0.1, -0.05) is 42.5 Å². The molecule has 132 valence electrons. The predicted octanol–water partition coefficient (Wildman–Crippen LogP) is 3.44. The first-order chi connectivity index (χ1) is 12.5. The molecule has 0 saturated carbocycles. The lowest BCUT2D eigenvalue weighted by Crippen LogP contribution is -2.23. The molecule has 0 saturated heterocycles. The Morgan fingerprint density at radius 2 is 1.73 bits per heavy atom. The van der Waals surface area contributed by atoms with E-state index in [4.69, 9.17) is 0 Å². The van der Waals surface area contributed by atoms with Crippen molar-refractivity contribution in [2.24, 2.45) is 0 Å². The van der Waals surface area contributed by atoms with Crippen molar-refractivity contribution in [2.45, 2.75) is 6.54 Å². The van der Waals surface area contributed by atoms with Crippen LogP contribution in [0.2, 0.25) is 0 Å². The second kappa shape index (κ2) is 7.93. The first-order valence-electron chi connectivity index (χ1n) is 8.14. The minimum absolute atomic E-state index is 0.0429. The Hall–Kier alpha value is -2.99. The quantitative estimate of drug-likeness (QED) is 0.753. The van der Waals surface area contributed by atoms with E-state index in [-0.39, 0.29) is 11.8 Å². The Bertz CT molecular complexity index is 902. The molecule has 6 heteroatoms. The predicted molar refractivity (Wildman–Crippen MR) is 103 cm³/mol. The van der Waals surface area contributed by atoms with Crippen molar-refractivity contribution in [3.05, 3.63) is 76.8 Å². The van der Waals surface area contributed by atoms with Gasteiger partial charge in [0.25, 0.3) is 11.8 Å². The van der Waals surface area contributed by atoms with Gasteiger partial charge in [-0.25, -0.2) is 4.98 Å². The molecule has 0 aliphatic rings. The highest BCUT2D eigenvalue weighted by molar-refractivity contribution is 7.16. The maximum atomic E-state index is 12.3. The second-order valence-electron chi connectivity index (χ2n) is 5.97. The van der Waals surface area contributed by atoms with Gasteiger partial charge in [0.15, 0.2) is 0 Å².